The number of nitrogens with one attached hydrogen (secondary N) is 3. The monoisotopic (exact) mass is 267 g/mol. The van der Waals surface area contributed by atoms with Crippen LogP contribution in [0.3, 0.4) is 0 Å². The van der Waals surface area contributed by atoms with Gasteiger partial charge in [-0.3, -0.25) is 0 Å². The first kappa shape index (κ1) is 13.3. The molecule has 0 fully saturated rings. The summed E-state index contributed by atoms with van der Waals surface area (Å²) < 4.78 is 0. The van der Waals surface area contributed by atoms with Crippen LogP contribution in [0.15, 0.2) is 0 Å². The van der Waals surface area contributed by atoms with Crippen molar-refractivity contribution in [3.8, 4) is 0 Å². The molecule has 0 aliphatic carbocycles. The van der Waals surface area contributed by atoms with Crippen LogP contribution in [-0.4, -0.2) is 17.6 Å². The highest BCUT2D eigenvalue weighted by Crippen LogP contribution is 1.94. The maximum Gasteiger partial charge on any atom is 0.0518 e. The third-order valence-electron chi connectivity index (χ3n) is 1.23. The summed E-state index contributed by atoms with van der Waals surface area (Å²) in [4.78, 5) is 0. The quantitative estimate of drug-likeness (QED) is 0.389. The standard InChI is InChI=1S/C7H13N3.HI/c1-6(9)7(10)4-2-3-5-8;/h5,8-10H,2-4H2,1H3;1H. The van der Waals surface area contributed by atoms with Gasteiger partial charge >= 0.3 is 0 Å². The molecular weight excluding hydrogens is 253 g/mol. The summed E-state index contributed by atoms with van der Waals surface area (Å²) in [5.41, 5.74) is 0.729. The summed E-state index contributed by atoms with van der Waals surface area (Å²) in [5, 5.41) is 21.0. The molecule has 0 atom stereocenters. The van der Waals surface area contributed by atoms with Crippen LogP contribution in [-0.2, 0) is 0 Å². The third-order valence-corrected chi connectivity index (χ3v) is 1.23. The van der Waals surface area contributed by atoms with Crippen molar-refractivity contribution in [1.29, 1.82) is 16.2 Å². The highest BCUT2D eigenvalue weighted by Gasteiger charge is 1.96. The van der Waals surface area contributed by atoms with Gasteiger partial charge in [-0.2, -0.15) is 0 Å². The lowest BCUT2D eigenvalue weighted by Crippen LogP contribution is -2.06. The van der Waals surface area contributed by atoms with Crippen LogP contribution in [0.5, 0.6) is 0 Å². The molecule has 0 amide bonds. The van der Waals surface area contributed by atoms with Crippen molar-refractivity contribution < 1.29 is 0 Å². The lowest BCUT2D eigenvalue weighted by Gasteiger charge is -1.97. The Balaban J connectivity index is 0. The first-order valence-corrected chi connectivity index (χ1v) is 3.30. The average molecular weight is 267 g/mol. The molecule has 3 nitrogen and oxygen atoms in total. The Bertz CT molecular complexity index is 154. The smallest absolute Gasteiger partial charge is 0.0518 e. The lowest BCUT2D eigenvalue weighted by molar-refractivity contribution is 0.929. The predicted octanol–water partition coefficient (Wildman–Crippen LogP) is 2.48. The maximum atomic E-state index is 7.22. The molecule has 0 saturated carbocycles. The molecule has 0 aliphatic heterocycles. The minimum absolute atomic E-state index is 0. The van der Waals surface area contributed by atoms with Gasteiger partial charge in [0.2, 0.25) is 0 Å². The van der Waals surface area contributed by atoms with Crippen LogP contribution < -0.4 is 0 Å². The van der Waals surface area contributed by atoms with Crippen molar-refractivity contribution in [1.82, 2.24) is 0 Å². The zero-order chi connectivity index (χ0) is 7.98. The van der Waals surface area contributed by atoms with Crippen LogP contribution in [0.2, 0.25) is 0 Å². The Hall–Kier alpha value is -0.260. The number of hydrogen-bond acceptors (Lipinski definition) is 3. The molecule has 3 N–H and O–H groups in total. The van der Waals surface area contributed by atoms with E-state index < -0.39 is 0 Å². The van der Waals surface area contributed by atoms with Crippen LogP contribution in [0.25, 0.3) is 0 Å². The van der Waals surface area contributed by atoms with E-state index in [2.05, 4.69) is 0 Å². The molecule has 4 heteroatoms. The summed E-state index contributed by atoms with van der Waals surface area (Å²) in [6.45, 7) is 1.62. The predicted molar refractivity (Wildman–Crippen MR) is 59.2 cm³/mol. The SMILES string of the molecule is CC(=N)C(=N)CCCC=N.I. The molecule has 64 valence electrons. The molecule has 0 aromatic carbocycles. The summed E-state index contributed by atoms with van der Waals surface area (Å²) in [5.74, 6) is 0. The topological polar surface area (TPSA) is 71.6 Å². The second kappa shape index (κ2) is 7.84. The van der Waals surface area contributed by atoms with Crippen LogP contribution in [0.1, 0.15) is 26.2 Å². The molecular formula is C7H14IN3. The van der Waals surface area contributed by atoms with Crippen LogP contribution in [0, 0.1) is 16.2 Å². The van der Waals surface area contributed by atoms with Crippen LogP contribution >= 0.6 is 24.0 Å². The van der Waals surface area contributed by atoms with Crippen molar-refractivity contribution >= 4 is 41.6 Å². The Morgan fingerprint density at radius 1 is 1.36 bits per heavy atom. The number of rotatable bonds is 5. The molecule has 0 rings (SSSR count). The van der Waals surface area contributed by atoms with E-state index in [4.69, 9.17) is 16.2 Å². The molecule has 0 aromatic heterocycles. The fourth-order valence-corrected chi connectivity index (χ4v) is 0.568. The van der Waals surface area contributed by atoms with Gasteiger partial charge in [0.25, 0.3) is 0 Å². The van der Waals surface area contributed by atoms with E-state index in [1.807, 2.05) is 0 Å². The Morgan fingerprint density at radius 3 is 2.27 bits per heavy atom. The molecule has 0 spiro atoms. The van der Waals surface area contributed by atoms with Crippen molar-refractivity contribution in [2.45, 2.75) is 26.2 Å². The Morgan fingerprint density at radius 2 is 1.91 bits per heavy atom. The number of halogens is 1. The van der Waals surface area contributed by atoms with Crippen molar-refractivity contribution in [2.24, 2.45) is 0 Å². The van der Waals surface area contributed by atoms with Gasteiger partial charge in [0.1, 0.15) is 0 Å². The molecule has 0 radical (unpaired) electrons. The van der Waals surface area contributed by atoms with Crippen molar-refractivity contribution in [2.75, 3.05) is 0 Å². The van der Waals surface area contributed by atoms with Gasteiger partial charge < -0.3 is 16.2 Å². The second-order valence-corrected chi connectivity index (χ2v) is 2.20. The fourth-order valence-electron chi connectivity index (χ4n) is 0.568. The fraction of sp³-hybridized carbons (Fsp3) is 0.571. The largest absolute Gasteiger partial charge is 0.313 e. The molecule has 0 heterocycles. The van der Waals surface area contributed by atoms with E-state index in [1.165, 1.54) is 6.21 Å². The van der Waals surface area contributed by atoms with Crippen molar-refractivity contribution in [3.05, 3.63) is 0 Å². The van der Waals surface area contributed by atoms with E-state index in [1.54, 1.807) is 6.92 Å². The van der Waals surface area contributed by atoms with E-state index >= 15 is 0 Å². The lowest BCUT2D eigenvalue weighted by atomic mass is 10.1. The van der Waals surface area contributed by atoms with Gasteiger partial charge in [0.05, 0.1) is 5.71 Å². The molecule has 0 bridgehead atoms. The van der Waals surface area contributed by atoms with Crippen LogP contribution in [0.4, 0.5) is 0 Å². The molecule has 0 saturated heterocycles. The summed E-state index contributed by atoms with van der Waals surface area (Å²) in [7, 11) is 0. The van der Waals surface area contributed by atoms with Gasteiger partial charge in [-0.15, -0.1) is 24.0 Å². The van der Waals surface area contributed by atoms with Gasteiger partial charge in [-0.25, -0.2) is 0 Å². The number of hydrogen-bond donors (Lipinski definition) is 3. The highest BCUT2D eigenvalue weighted by molar-refractivity contribution is 14.0. The highest BCUT2D eigenvalue weighted by atomic mass is 127. The minimum atomic E-state index is 0. The Labute approximate surface area is 84.1 Å². The molecule has 11 heavy (non-hydrogen) atoms. The zero-order valence-corrected chi connectivity index (χ0v) is 8.94. The van der Waals surface area contributed by atoms with Gasteiger partial charge in [0.15, 0.2) is 0 Å². The molecule has 0 unspecified atom stereocenters. The zero-order valence-electron chi connectivity index (χ0n) is 6.61. The van der Waals surface area contributed by atoms with Gasteiger partial charge in [0, 0.05) is 5.71 Å². The first-order chi connectivity index (χ1) is 4.68. The minimum Gasteiger partial charge on any atom is -0.313 e. The van der Waals surface area contributed by atoms with E-state index in [9.17, 15) is 0 Å². The normalized spacial score (nSPS) is 8.09. The molecule has 0 aliphatic rings. The third kappa shape index (κ3) is 7.64. The second-order valence-electron chi connectivity index (χ2n) is 2.20. The maximum absolute atomic E-state index is 7.22. The van der Waals surface area contributed by atoms with Crippen molar-refractivity contribution in [3.63, 3.8) is 0 Å². The molecule has 0 aromatic rings. The summed E-state index contributed by atoms with van der Waals surface area (Å²) >= 11 is 0. The van der Waals surface area contributed by atoms with E-state index in [0.29, 0.717) is 17.8 Å². The average Bonchev–Trinajstić information content (AvgIpc) is 1.88. The van der Waals surface area contributed by atoms with Gasteiger partial charge in [-0.05, 0) is 32.4 Å². The first-order valence-electron chi connectivity index (χ1n) is 3.30. The number of unbranched alkanes of at least 4 members (excludes halogenated alkanes) is 1. The van der Waals surface area contributed by atoms with Gasteiger partial charge in [-0.1, -0.05) is 0 Å². The van der Waals surface area contributed by atoms with E-state index in [0.717, 1.165) is 12.8 Å². The summed E-state index contributed by atoms with van der Waals surface area (Å²) in [6.07, 6.45) is 3.51. The summed E-state index contributed by atoms with van der Waals surface area (Å²) in [6, 6.07) is 0. The van der Waals surface area contributed by atoms with E-state index in [-0.39, 0.29) is 24.0 Å². The Kier molecular flexibility index (Phi) is 9.51.